The summed E-state index contributed by atoms with van der Waals surface area (Å²) < 4.78 is 0. The van der Waals surface area contributed by atoms with Gasteiger partial charge in [-0.05, 0) is 13.3 Å². The molecule has 2 heterocycles. The Hall–Kier alpha value is -0.870. The van der Waals surface area contributed by atoms with Crippen LogP contribution in [0, 0.1) is 0 Å². The summed E-state index contributed by atoms with van der Waals surface area (Å²) in [4.78, 5) is 16.3. The lowest BCUT2D eigenvalue weighted by Crippen LogP contribution is -2.47. The van der Waals surface area contributed by atoms with Crippen molar-refractivity contribution in [1.29, 1.82) is 0 Å². The van der Waals surface area contributed by atoms with Crippen LogP contribution in [-0.2, 0) is 4.79 Å². The van der Waals surface area contributed by atoms with E-state index in [1.165, 1.54) is 5.57 Å². The van der Waals surface area contributed by atoms with Gasteiger partial charge < -0.3 is 10.2 Å². The lowest BCUT2D eigenvalue weighted by Gasteiger charge is -2.29. The fourth-order valence-corrected chi connectivity index (χ4v) is 2.34. The quantitative estimate of drug-likeness (QED) is 0.724. The summed E-state index contributed by atoms with van der Waals surface area (Å²) in [6, 6.07) is 0. The molecule has 0 radical (unpaired) electrons. The second kappa shape index (κ2) is 6.17. The van der Waals surface area contributed by atoms with E-state index in [0.717, 1.165) is 52.2 Å². The van der Waals surface area contributed by atoms with Gasteiger partial charge in [0.15, 0.2) is 0 Å². The normalized spacial score (nSPS) is 22.4. The lowest BCUT2D eigenvalue weighted by molar-refractivity contribution is -0.132. The third-order valence-electron chi connectivity index (χ3n) is 3.63. The summed E-state index contributed by atoms with van der Waals surface area (Å²) in [6.45, 7) is 8.85. The summed E-state index contributed by atoms with van der Waals surface area (Å²) in [5.41, 5.74) is 1.48. The van der Waals surface area contributed by atoms with E-state index in [1.54, 1.807) is 0 Å². The first-order valence-corrected chi connectivity index (χ1v) is 6.62. The Kier molecular flexibility index (Phi) is 4.57. The minimum atomic E-state index is 0.317. The highest BCUT2D eigenvalue weighted by Gasteiger charge is 2.17. The number of hydrogen-bond acceptors (Lipinski definition) is 3. The molecular formula is C13H23N3O. The van der Waals surface area contributed by atoms with Gasteiger partial charge in [0.2, 0.25) is 5.91 Å². The molecule has 0 aromatic heterocycles. The van der Waals surface area contributed by atoms with Gasteiger partial charge in [0, 0.05) is 52.2 Å². The summed E-state index contributed by atoms with van der Waals surface area (Å²) in [5.74, 6) is 0.317. The van der Waals surface area contributed by atoms with Crippen LogP contribution in [0.4, 0.5) is 0 Å². The van der Waals surface area contributed by atoms with Crippen LogP contribution in [0.2, 0.25) is 0 Å². The van der Waals surface area contributed by atoms with Crippen LogP contribution in [0.25, 0.3) is 0 Å². The van der Waals surface area contributed by atoms with Crippen molar-refractivity contribution < 1.29 is 4.79 Å². The van der Waals surface area contributed by atoms with Crippen LogP contribution in [-0.4, -0.2) is 61.5 Å². The molecule has 2 aliphatic rings. The zero-order chi connectivity index (χ0) is 12.1. The Morgan fingerprint density at radius 2 is 2.12 bits per heavy atom. The molecule has 2 rings (SSSR count). The molecule has 0 spiro atoms. The number of rotatable bonds is 3. The van der Waals surface area contributed by atoms with Crippen LogP contribution < -0.4 is 5.32 Å². The highest BCUT2D eigenvalue weighted by atomic mass is 16.2. The molecule has 96 valence electrons. The predicted octanol–water partition coefficient (Wildman–Crippen LogP) is 0.460. The SMILES string of the molecule is CC1=CCN(CCC(=O)N2CCNCC2)CC1. The Morgan fingerprint density at radius 1 is 1.35 bits per heavy atom. The minimum absolute atomic E-state index is 0.317. The zero-order valence-electron chi connectivity index (χ0n) is 10.7. The molecule has 0 aliphatic carbocycles. The summed E-state index contributed by atoms with van der Waals surface area (Å²) in [6.07, 6.45) is 4.10. The number of piperazine rings is 1. The molecule has 0 atom stereocenters. The van der Waals surface area contributed by atoms with E-state index in [-0.39, 0.29) is 0 Å². The Morgan fingerprint density at radius 3 is 2.76 bits per heavy atom. The average Bonchev–Trinajstić information content (AvgIpc) is 2.39. The van der Waals surface area contributed by atoms with Crippen LogP contribution in [0.3, 0.4) is 0 Å². The molecule has 17 heavy (non-hydrogen) atoms. The predicted molar refractivity (Wildman–Crippen MR) is 68.9 cm³/mol. The summed E-state index contributed by atoms with van der Waals surface area (Å²) >= 11 is 0. The molecule has 1 amide bonds. The smallest absolute Gasteiger partial charge is 0.223 e. The van der Waals surface area contributed by atoms with Crippen molar-refractivity contribution in [2.75, 3.05) is 45.8 Å². The van der Waals surface area contributed by atoms with Gasteiger partial charge in [0.25, 0.3) is 0 Å². The third-order valence-corrected chi connectivity index (χ3v) is 3.63. The molecule has 0 aromatic carbocycles. The van der Waals surface area contributed by atoms with Gasteiger partial charge >= 0.3 is 0 Å². The van der Waals surface area contributed by atoms with Gasteiger partial charge in [-0.2, -0.15) is 0 Å². The van der Waals surface area contributed by atoms with E-state index in [0.29, 0.717) is 12.3 Å². The Balaban J connectivity index is 1.69. The number of nitrogens with zero attached hydrogens (tertiary/aromatic N) is 2. The number of amides is 1. The topological polar surface area (TPSA) is 35.6 Å². The van der Waals surface area contributed by atoms with E-state index >= 15 is 0 Å². The van der Waals surface area contributed by atoms with Gasteiger partial charge in [0.05, 0.1) is 0 Å². The number of carbonyl (C=O) groups excluding carboxylic acids is 1. The van der Waals surface area contributed by atoms with E-state index in [9.17, 15) is 4.79 Å². The first kappa shape index (κ1) is 12.6. The molecule has 0 bridgehead atoms. The van der Waals surface area contributed by atoms with Crippen molar-refractivity contribution in [1.82, 2.24) is 15.1 Å². The highest BCUT2D eigenvalue weighted by Crippen LogP contribution is 2.10. The maximum Gasteiger partial charge on any atom is 0.223 e. The first-order valence-electron chi connectivity index (χ1n) is 6.62. The van der Waals surface area contributed by atoms with E-state index < -0.39 is 0 Å². The summed E-state index contributed by atoms with van der Waals surface area (Å²) in [7, 11) is 0. The van der Waals surface area contributed by atoms with Crippen molar-refractivity contribution >= 4 is 5.91 Å². The third kappa shape index (κ3) is 3.82. The fraction of sp³-hybridized carbons (Fsp3) is 0.769. The van der Waals surface area contributed by atoms with Crippen molar-refractivity contribution in [3.8, 4) is 0 Å². The molecule has 1 fully saturated rings. The van der Waals surface area contributed by atoms with Crippen molar-refractivity contribution in [2.45, 2.75) is 19.8 Å². The average molecular weight is 237 g/mol. The monoisotopic (exact) mass is 237 g/mol. The molecule has 0 saturated carbocycles. The van der Waals surface area contributed by atoms with Gasteiger partial charge in [-0.1, -0.05) is 11.6 Å². The van der Waals surface area contributed by atoms with Crippen molar-refractivity contribution in [3.05, 3.63) is 11.6 Å². The summed E-state index contributed by atoms with van der Waals surface area (Å²) in [5, 5.41) is 3.27. The van der Waals surface area contributed by atoms with Crippen LogP contribution >= 0.6 is 0 Å². The largest absolute Gasteiger partial charge is 0.340 e. The van der Waals surface area contributed by atoms with Gasteiger partial charge in [0.1, 0.15) is 0 Å². The molecule has 4 heteroatoms. The van der Waals surface area contributed by atoms with Crippen molar-refractivity contribution in [2.24, 2.45) is 0 Å². The van der Waals surface area contributed by atoms with Gasteiger partial charge in [-0.15, -0.1) is 0 Å². The molecule has 2 aliphatic heterocycles. The van der Waals surface area contributed by atoms with Crippen LogP contribution in [0.15, 0.2) is 11.6 Å². The van der Waals surface area contributed by atoms with E-state index in [1.807, 2.05) is 4.90 Å². The molecule has 1 N–H and O–H groups in total. The minimum Gasteiger partial charge on any atom is -0.340 e. The number of nitrogens with one attached hydrogen (secondary N) is 1. The molecule has 1 saturated heterocycles. The molecule has 0 unspecified atom stereocenters. The Bertz CT molecular complexity index is 295. The van der Waals surface area contributed by atoms with Crippen molar-refractivity contribution in [3.63, 3.8) is 0 Å². The van der Waals surface area contributed by atoms with E-state index in [2.05, 4.69) is 23.2 Å². The zero-order valence-corrected chi connectivity index (χ0v) is 10.7. The lowest BCUT2D eigenvalue weighted by atomic mass is 10.1. The van der Waals surface area contributed by atoms with E-state index in [4.69, 9.17) is 0 Å². The second-order valence-corrected chi connectivity index (χ2v) is 4.98. The van der Waals surface area contributed by atoms with Gasteiger partial charge in [-0.25, -0.2) is 0 Å². The van der Waals surface area contributed by atoms with Crippen LogP contribution in [0.5, 0.6) is 0 Å². The highest BCUT2D eigenvalue weighted by molar-refractivity contribution is 5.76. The number of carbonyl (C=O) groups is 1. The standard InChI is InChI=1S/C13H23N3O/c1-12-2-7-15(8-3-12)9-4-13(17)16-10-5-14-6-11-16/h2,14H,3-11H2,1H3. The fourth-order valence-electron chi connectivity index (χ4n) is 2.34. The van der Waals surface area contributed by atoms with Gasteiger partial charge in [-0.3, -0.25) is 9.69 Å². The van der Waals surface area contributed by atoms with Crippen LogP contribution in [0.1, 0.15) is 19.8 Å². The molecule has 0 aromatic rings. The number of hydrogen-bond donors (Lipinski definition) is 1. The maximum atomic E-state index is 12.0. The molecule has 4 nitrogen and oxygen atoms in total. The first-order chi connectivity index (χ1) is 8.25. The molecular weight excluding hydrogens is 214 g/mol. The Labute approximate surface area is 104 Å². The maximum absolute atomic E-state index is 12.0. The second-order valence-electron chi connectivity index (χ2n) is 4.98.